The van der Waals surface area contributed by atoms with Crippen molar-refractivity contribution < 1.29 is 13.2 Å². The number of hydrogen-bond acceptors (Lipinski definition) is 2. The van der Waals surface area contributed by atoms with E-state index in [2.05, 4.69) is 4.98 Å². The van der Waals surface area contributed by atoms with E-state index in [1.807, 2.05) is 0 Å². The molecule has 0 aliphatic heterocycles. The highest BCUT2D eigenvalue weighted by Gasteiger charge is 2.37. The van der Waals surface area contributed by atoms with Gasteiger partial charge in [0.15, 0.2) is 5.69 Å². The van der Waals surface area contributed by atoms with Gasteiger partial charge < -0.3 is 0 Å². The first-order valence-electron chi connectivity index (χ1n) is 6.22. The SMILES string of the molecule is O=c1c(-c2ccc(Cl)cc2)c(C(F)(F)F)nc2ccccn12. The van der Waals surface area contributed by atoms with Crippen molar-refractivity contribution in [1.29, 1.82) is 0 Å². The highest BCUT2D eigenvalue weighted by atomic mass is 35.5. The summed E-state index contributed by atoms with van der Waals surface area (Å²) in [7, 11) is 0. The average molecular weight is 325 g/mol. The largest absolute Gasteiger partial charge is 0.434 e. The molecule has 0 radical (unpaired) electrons. The van der Waals surface area contributed by atoms with E-state index in [1.54, 1.807) is 6.07 Å². The lowest BCUT2D eigenvalue weighted by molar-refractivity contribution is -0.140. The van der Waals surface area contributed by atoms with Gasteiger partial charge in [-0.05, 0) is 29.8 Å². The number of benzene rings is 1. The molecule has 0 bridgehead atoms. The molecule has 0 aliphatic carbocycles. The number of alkyl halides is 3. The normalized spacial score (nSPS) is 11.8. The van der Waals surface area contributed by atoms with E-state index in [-0.39, 0.29) is 11.2 Å². The van der Waals surface area contributed by atoms with Crippen LogP contribution in [-0.2, 0) is 6.18 Å². The van der Waals surface area contributed by atoms with E-state index < -0.39 is 23.0 Å². The molecule has 0 unspecified atom stereocenters. The molecule has 3 aromatic rings. The Bertz CT molecular complexity index is 901. The molecule has 2 aromatic heterocycles. The summed E-state index contributed by atoms with van der Waals surface area (Å²) in [6, 6.07) is 10.0. The predicted molar refractivity (Wildman–Crippen MR) is 76.9 cm³/mol. The second kappa shape index (κ2) is 5.14. The predicted octanol–water partition coefficient (Wildman–Crippen LogP) is 4.03. The van der Waals surface area contributed by atoms with Crippen LogP contribution >= 0.6 is 11.6 Å². The molecular formula is C15H8ClF3N2O. The summed E-state index contributed by atoms with van der Waals surface area (Å²) >= 11 is 5.74. The lowest BCUT2D eigenvalue weighted by Crippen LogP contribution is -2.23. The molecule has 0 amide bonds. The molecule has 0 saturated heterocycles. The van der Waals surface area contributed by atoms with Crippen LogP contribution in [0, 0.1) is 0 Å². The minimum Gasteiger partial charge on any atom is -0.268 e. The second-order valence-corrected chi connectivity index (χ2v) is 5.01. The standard InChI is InChI=1S/C15H8ClF3N2O/c16-10-6-4-9(5-7-10)12-13(15(17,18)19)20-11-3-1-2-8-21(11)14(12)22/h1-8H. The fourth-order valence-corrected chi connectivity index (χ4v) is 2.30. The highest BCUT2D eigenvalue weighted by molar-refractivity contribution is 6.30. The minimum absolute atomic E-state index is 0.0578. The van der Waals surface area contributed by atoms with Gasteiger partial charge in [0.25, 0.3) is 5.56 Å². The van der Waals surface area contributed by atoms with E-state index in [0.717, 1.165) is 4.40 Å². The van der Waals surface area contributed by atoms with Crippen molar-refractivity contribution in [2.45, 2.75) is 6.18 Å². The third-order valence-corrected chi connectivity index (χ3v) is 3.39. The number of fused-ring (bicyclic) bond motifs is 1. The smallest absolute Gasteiger partial charge is 0.268 e. The number of rotatable bonds is 1. The van der Waals surface area contributed by atoms with Crippen molar-refractivity contribution in [3.05, 3.63) is 69.7 Å². The topological polar surface area (TPSA) is 34.4 Å². The molecule has 2 heterocycles. The maximum atomic E-state index is 13.3. The number of hydrogen-bond donors (Lipinski definition) is 0. The van der Waals surface area contributed by atoms with Crippen LogP contribution in [-0.4, -0.2) is 9.38 Å². The maximum Gasteiger partial charge on any atom is 0.434 e. The van der Waals surface area contributed by atoms with Gasteiger partial charge in [0.05, 0.1) is 5.56 Å². The number of aromatic nitrogens is 2. The molecule has 1 aromatic carbocycles. The molecule has 0 spiro atoms. The van der Waals surface area contributed by atoms with Gasteiger partial charge >= 0.3 is 6.18 Å². The summed E-state index contributed by atoms with van der Waals surface area (Å²) in [6.45, 7) is 0. The van der Waals surface area contributed by atoms with Crippen molar-refractivity contribution in [3.8, 4) is 11.1 Å². The van der Waals surface area contributed by atoms with Crippen LogP contribution < -0.4 is 5.56 Å². The highest BCUT2D eigenvalue weighted by Crippen LogP contribution is 2.34. The first kappa shape index (κ1) is 14.6. The molecule has 112 valence electrons. The number of halogens is 4. The molecule has 3 rings (SSSR count). The molecule has 0 atom stereocenters. The zero-order chi connectivity index (χ0) is 15.9. The second-order valence-electron chi connectivity index (χ2n) is 4.57. The van der Waals surface area contributed by atoms with E-state index in [0.29, 0.717) is 5.02 Å². The van der Waals surface area contributed by atoms with Crippen molar-refractivity contribution >= 4 is 17.2 Å². The Morgan fingerprint density at radius 2 is 1.73 bits per heavy atom. The van der Waals surface area contributed by atoms with Crippen LogP contribution in [0.2, 0.25) is 5.02 Å². The third-order valence-electron chi connectivity index (χ3n) is 3.14. The minimum atomic E-state index is -4.74. The summed E-state index contributed by atoms with van der Waals surface area (Å²) < 4.78 is 40.9. The van der Waals surface area contributed by atoms with Crippen LogP contribution in [0.1, 0.15) is 5.69 Å². The van der Waals surface area contributed by atoms with Crippen molar-refractivity contribution in [1.82, 2.24) is 9.38 Å². The summed E-state index contributed by atoms with van der Waals surface area (Å²) in [6.07, 6.45) is -3.36. The van der Waals surface area contributed by atoms with E-state index in [9.17, 15) is 18.0 Å². The first-order chi connectivity index (χ1) is 10.4. The van der Waals surface area contributed by atoms with Crippen LogP contribution in [0.4, 0.5) is 13.2 Å². The van der Waals surface area contributed by atoms with Crippen LogP contribution in [0.15, 0.2) is 53.5 Å². The molecule has 22 heavy (non-hydrogen) atoms. The molecule has 7 heteroatoms. The van der Waals surface area contributed by atoms with Crippen molar-refractivity contribution in [3.63, 3.8) is 0 Å². The zero-order valence-electron chi connectivity index (χ0n) is 10.9. The van der Waals surface area contributed by atoms with Gasteiger partial charge in [-0.25, -0.2) is 4.98 Å². The first-order valence-corrected chi connectivity index (χ1v) is 6.60. The molecule has 0 N–H and O–H groups in total. The summed E-state index contributed by atoms with van der Waals surface area (Å²) in [5.74, 6) is 0. The Hall–Kier alpha value is -2.34. The Labute approximate surface area is 127 Å². The lowest BCUT2D eigenvalue weighted by atomic mass is 10.0. The zero-order valence-corrected chi connectivity index (χ0v) is 11.7. The van der Waals surface area contributed by atoms with Gasteiger partial charge in [-0.15, -0.1) is 0 Å². The molecular weight excluding hydrogens is 317 g/mol. The lowest BCUT2D eigenvalue weighted by Gasteiger charge is -2.13. The van der Waals surface area contributed by atoms with Crippen molar-refractivity contribution in [2.75, 3.05) is 0 Å². The fourth-order valence-electron chi connectivity index (χ4n) is 2.17. The van der Waals surface area contributed by atoms with Gasteiger partial charge in [-0.2, -0.15) is 13.2 Å². The quantitative estimate of drug-likeness (QED) is 0.677. The van der Waals surface area contributed by atoms with Crippen LogP contribution in [0.25, 0.3) is 16.8 Å². The molecule has 3 nitrogen and oxygen atoms in total. The van der Waals surface area contributed by atoms with E-state index >= 15 is 0 Å². The summed E-state index contributed by atoms with van der Waals surface area (Å²) in [5, 5.41) is 0.367. The molecule has 0 fully saturated rings. The number of pyridine rings is 1. The van der Waals surface area contributed by atoms with E-state index in [4.69, 9.17) is 11.6 Å². The van der Waals surface area contributed by atoms with Crippen LogP contribution in [0.5, 0.6) is 0 Å². The molecule has 0 aliphatic rings. The Balaban J connectivity index is 2.43. The number of nitrogens with zero attached hydrogens (tertiary/aromatic N) is 2. The van der Waals surface area contributed by atoms with Crippen molar-refractivity contribution in [2.24, 2.45) is 0 Å². The van der Waals surface area contributed by atoms with Gasteiger partial charge in [-0.1, -0.05) is 29.8 Å². The van der Waals surface area contributed by atoms with Gasteiger partial charge in [0.2, 0.25) is 0 Å². The molecule has 0 saturated carbocycles. The van der Waals surface area contributed by atoms with Gasteiger partial charge in [0, 0.05) is 11.2 Å². The van der Waals surface area contributed by atoms with Gasteiger partial charge in [0.1, 0.15) is 5.65 Å². The van der Waals surface area contributed by atoms with Crippen LogP contribution in [0.3, 0.4) is 0 Å². The third kappa shape index (κ3) is 2.46. The average Bonchev–Trinajstić information content (AvgIpc) is 2.47. The van der Waals surface area contributed by atoms with E-state index in [1.165, 1.54) is 42.6 Å². The Kier molecular flexibility index (Phi) is 3.41. The Morgan fingerprint density at radius 1 is 1.05 bits per heavy atom. The summed E-state index contributed by atoms with van der Waals surface area (Å²) in [5.41, 5.74) is -2.41. The Morgan fingerprint density at radius 3 is 2.36 bits per heavy atom. The monoisotopic (exact) mass is 324 g/mol. The summed E-state index contributed by atoms with van der Waals surface area (Å²) in [4.78, 5) is 16.1. The van der Waals surface area contributed by atoms with Gasteiger partial charge in [-0.3, -0.25) is 9.20 Å². The maximum absolute atomic E-state index is 13.3. The fraction of sp³-hybridized carbons (Fsp3) is 0.0667.